The summed E-state index contributed by atoms with van der Waals surface area (Å²) in [5.74, 6) is -1.18. The van der Waals surface area contributed by atoms with E-state index in [0.717, 1.165) is 0 Å². The molecule has 0 spiro atoms. The van der Waals surface area contributed by atoms with Crippen molar-refractivity contribution in [1.29, 1.82) is 0 Å². The molecule has 3 N–H and O–H groups in total. The molecule has 0 amide bonds. The largest absolute Gasteiger partial charge is 0.478 e. The van der Waals surface area contributed by atoms with Crippen molar-refractivity contribution >= 4 is 16.0 Å². The van der Waals surface area contributed by atoms with Gasteiger partial charge in [0.25, 0.3) is 0 Å². The highest BCUT2D eigenvalue weighted by Crippen LogP contribution is 2.19. The average Bonchev–Trinajstić information content (AvgIpc) is 2.25. The van der Waals surface area contributed by atoms with Crippen molar-refractivity contribution in [2.45, 2.75) is 31.3 Å². The van der Waals surface area contributed by atoms with Crippen molar-refractivity contribution in [1.82, 2.24) is 4.72 Å². The molecular weight excluding hydrogens is 270 g/mol. The van der Waals surface area contributed by atoms with E-state index in [9.17, 15) is 18.3 Å². The Balaban J connectivity index is 3.16. The lowest BCUT2D eigenvalue weighted by atomic mass is 10.1. The number of aliphatic hydroxyl groups is 1. The highest BCUT2D eigenvalue weighted by Gasteiger charge is 2.23. The van der Waals surface area contributed by atoms with E-state index < -0.39 is 21.6 Å². The topological polar surface area (TPSA) is 104 Å². The predicted molar refractivity (Wildman–Crippen MR) is 69.6 cm³/mol. The van der Waals surface area contributed by atoms with E-state index >= 15 is 0 Å². The van der Waals surface area contributed by atoms with Crippen molar-refractivity contribution in [3.8, 4) is 0 Å². The van der Waals surface area contributed by atoms with Crippen LogP contribution in [0.25, 0.3) is 0 Å². The predicted octanol–water partition coefficient (Wildman–Crippen LogP) is 0.742. The maximum atomic E-state index is 12.1. The van der Waals surface area contributed by atoms with Gasteiger partial charge in [-0.1, -0.05) is 6.07 Å². The van der Waals surface area contributed by atoms with Gasteiger partial charge in [-0.2, -0.15) is 0 Å². The van der Waals surface area contributed by atoms with Crippen LogP contribution in [0, 0.1) is 6.92 Å². The molecule has 0 aliphatic carbocycles. The Morgan fingerprint density at radius 3 is 2.42 bits per heavy atom. The normalized spacial score (nSPS) is 12.4. The lowest BCUT2D eigenvalue weighted by Crippen LogP contribution is -2.38. The molecule has 0 aromatic heterocycles. The van der Waals surface area contributed by atoms with Crippen LogP contribution >= 0.6 is 0 Å². The van der Waals surface area contributed by atoms with Gasteiger partial charge in [0.05, 0.1) is 16.1 Å². The molecule has 0 aliphatic rings. The van der Waals surface area contributed by atoms with Gasteiger partial charge in [-0.15, -0.1) is 0 Å². The Hall–Kier alpha value is -1.44. The molecule has 0 fully saturated rings. The molecule has 6 nitrogen and oxygen atoms in total. The number of hydrogen-bond acceptors (Lipinski definition) is 4. The van der Waals surface area contributed by atoms with E-state index in [1.165, 1.54) is 39.0 Å². The van der Waals surface area contributed by atoms with Crippen LogP contribution in [0.5, 0.6) is 0 Å². The van der Waals surface area contributed by atoms with Crippen LogP contribution < -0.4 is 4.72 Å². The average molecular weight is 287 g/mol. The van der Waals surface area contributed by atoms with Gasteiger partial charge in [-0.3, -0.25) is 0 Å². The molecule has 0 radical (unpaired) electrons. The SMILES string of the molecule is Cc1c(C(=O)O)cccc1S(=O)(=O)NCC(C)(C)O. The molecule has 0 atom stereocenters. The van der Waals surface area contributed by atoms with E-state index in [2.05, 4.69) is 4.72 Å². The highest BCUT2D eigenvalue weighted by atomic mass is 32.2. The Labute approximate surface area is 112 Å². The fourth-order valence-electron chi connectivity index (χ4n) is 1.49. The van der Waals surface area contributed by atoms with Crippen LogP contribution in [0.15, 0.2) is 23.1 Å². The second-order valence-corrected chi connectivity index (χ2v) is 6.61. The number of aromatic carboxylic acids is 1. The van der Waals surface area contributed by atoms with Crippen LogP contribution in [0.4, 0.5) is 0 Å². The van der Waals surface area contributed by atoms with E-state index in [4.69, 9.17) is 5.11 Å². The fourth-order valence-corrected chi connectivity index (χ4v) is 2.96. The molecule has 0 unspecified atom stereocenters. The molecule has 19 heavy (non-hydrogen) atoms. The summed E-state index contributed by atoms with van der Waals surface area (Å²) in [6.45, 7) is 4.21. The maximum absolute atomic E-state index is 12.1. The second kappa shape index (κ2) is 5.28. The van der Waals surface area contributed by atoms with E-state index in [0.29, 0.717) is 0 Å². The summed E-state index contributed by atoms with van der Waals surface area (Å²) in [5.41, 5.74) is -1.09. The number of sulfonamides is 1. The smallest absolute Gasteiger partial charge is 0.335 e. The zero-order chi connectivity index (χ0) is 14.8. The number of carbonyl (C=O) groups is 1. The number of benzene rings is 1. The van der Waals surface area contributed by atoms with Crippen LogP contribution in [0.3, 0.4) is 0 Å². The molecular formula is C12H17NO5S. The van der Waals surface area contributed by atoms with Gasteiger partial charge in [0.15, 0.2) is 0 Å². The molecule has 7 heteroatoms. The first-order valence-corrected chi connectivity index (χ1v) is 7.08. The van der Waals surface area contributed by atoms with Crippen molar-refractivity contribution in [3.05, 3.63) is 29.3 Å². The Bertz CT molecular complexity index is 587. The number of nitrogens with one attached hydrogen (secondary N) is 1. The quantitative estimate of drug-likeness (QED) is 0.741. The summed E-state index contributed by atoms with van der Waals surface area (Å²) in [7, 11) is -3.85. The summed E-state index contributed by atoms with van der Waals surface area (Å²) in [5, 5.41) is 18.5. The summed E-state index contributed by atoms with van der Waals surface area (Å²) >= 11 is 0. The van der Waals surface area contributed by atoms with Crippen LogP contribution in [0.1, 0.15) is 29.8 Å². The first-order chi connectivity index (χ1) is 8.54. The molecule has 106 valence electrons. The van der Waals surface area contributed by atoms with Gasteiger partial charge < -0.3 is 10.2 Å². The third kappa shape index (κ3) is 4.02. The zero-order valence-corrected chi connectivity index (χ0v) is 11.8. The maximum Gasteiger partial charge on any atom is 0.335 e. The third-order valence-electron chi connectivity index (χ3n) is 2.50. The van der Waals surface area contributed by atoms with Crippen molar-refractivity contribution in [2.24, 2.45) is 0 Å². The second-order valence-electron chi connectivity index (χ2n) is 4.87. The lowest BCUT2D eigenvalue weighted by Gasteiger charge is -2.18. The number of carboxylic acid groups (broad SMARTS) is 1. The van der Waals surface area contributed by atoms with E-state index in [-0.39, 0.29) is 22.6 Å². The van der Waals surface area contributed by atoms with Crippen LogP contribution in [-0.4, -0.2) is 36.7 Å². The van der Waals surface area contributed by atoms with Gasteiger partial charge >= 0.3 is 5.97 Å². The van der Waals surface area contributed by atoms with Crippen molar-refractivity contribution in [3.63, 3.8) is 0 Å². The van der Waals surface area contributed by atoms with E-state index in [1.807, 2.05) is 0 Å². The minimum absolute atomic E-state index is 0.0638. The first kappa shape index (κ1) is 15.6. The number of rotatable bonds is 5. The molecule has 1 rings (SSSR count). The molecule has 0 saturated carbocycles. The number of hydrogen-bond donors (Lipinski definition) is 3. The summed E-state index contributed by atoms with van der Waals surface area (Å²) in [6.07, 6.45) is 0. The fraction of sp³-hybridized carbons (Fsp3) is 0.417. The standard InChI is InChI=1S/C12H17NO5S/c1-8-9(11(14)15)5-4-6-10(8)19(17,18)13-7-12(2,3)16/h4-6,13,16H,7H2,1-3H3,(H,14,15). The molecule has 0 aliphatic heterocycles. The molecule has 0 heterocycles. The van der Waals surface area contributed by atoms with Crippen molar-refractivity contribution in [2.75, 3.05) is 6.54 Å². The van der Waals surface area contributed by atoms with E-state index in [1.54, 1.807) is 0 Å². The zero-order valence-electron chi connectivity index (χ0n) is 11.0. The summed E-state index contributed by atoms with van der Waals surface area (Å²) in [4.78, 5) is 10.9. The monoisotopic (exact) mass is 287 g/mol. The Morgan fingerprint density at radius 1 is 1.37 bits per heavy atom. The summed E-state index contributed by atoms with van der Waals surface area (Å²) in [6, 6.07) is 4.04. The summed E-state index contributed by atoms with van der Waals surface area (Å²) < 4.78 is 26.4. The Morgan fingerprint density at radius 2 is 1.95 bits per heavy atom. The van der Waals surface area contributed by atoms with Crippen LogP contribution in [0.2, 0.25) is 0 Å². The van der Waals surface area contributed by atoms with Gasteiger partial charge in [0, 0.05) is 6.54 Å². The Kier molecular flexibility index (Phi) is 4.34. The van der Waals surface area contributed by atoms with Crippen molar-refractivity contribution < 1.29 is 23.4 Å². The van der Waals surface area contributed by atoms with Gasteiger partial charge in [-0.05, 0) is 38.5 Å². The number of carboxylic acids is 1. The minimum atomic E-state index is -3.85. The first-order valence-electron chi connectivity index (χ1n) is 5.59. The molecule has 0 bridgehead atoms. The third-order valence-corrected chi connectivity index (χ3v) is 4.04. The molecule has 1 aromatic carbocycles. The van der Waals surface area contributed by atoms with Gasteiger partial charge in [0.1, 0.15) is 0 Å². The van der Waals surface area contributed by atoms with Crippen LogP contribution in [-0.2, 0) is 10.0 Å². The molecule has 0 saturated heterocycles. The minimum Gasteiger partial charge on any atom is -0.478 e. The molecule has 1 aromatic rings. The lowest BCUT2D eigenvalue weighted by molar-refractivity contribution is 0.0695. The highest BCUT2D eigenvalue weighted by molar-refractivity contribution is 7.89. The van der Waals surface area contributed by atoms with Gasteiger partial charge in [-0.25, -0.2) is 17.9 Å². The van der Waals surface area contributed by atoms with Gasteiger partial charge in [0.2, 0.25) is 10.0 Å².